The van der Waals surface area contributed by atoms with E-state index >= 15 is 0 Å². The van der Waals surface area contributed by atoms with Gasteiger partial charge in [-0.25, -0.2) is 4.79 Å². The molecule has 0 bridgehead atoms. The second kappa shape index (κ2) is 15.6. The normalized spacial score (nSPS) is 24.6. The first-order chi connectivity index (χ1) is 15.8. The summed E-state index contributed by atoms with van der Waals surface area (Å²) in [5.41, 5.74) is 0. The Morgan fingerprint density at radius 1 is 0.606 bits per heavy atom. The number of carbonyl (C=O) groups is 4. The monoisotopic (exact) mass is 476 g/mol. The Bertz CT molecular complexity index is 636. The van der Waals surface area contributed by atoms with Crippen molar-refractivity contribution in [2.24, 2.45) is 0 Å². The third-order valence-corrected chi connectivity index (χ3v) is 4.54. The number of methoxy groups -OCH3 is 1. The minimum atomic E-state index is -1.49. The molecule has 11 heteroatoms. The SMILES string of the molecule is CCCC(=O)OO[C@H]1O[C@@H](OC)[C@H](OC(=O)CCC)[C@@H](OC(=O)CCC)[C@@H]1OC(=O)CCC. The predicted octanol–water partition coefficient (Wildman–Crippen LogP) is 2.73. The van der Waals surface area contributed by atoms with Gasteiger partial charge in [-0.15, -0.1) is 4.89 Å². The van der Waals surface area contributed by atoms with Crippen molar-refractivity contribution in [2.75, 3.05) is 7.11 Å². The zero-order valence-electron chi connectivity index (χ0n) is 20.0. The van der Waals surface area contributed by atoms with E-state index in [0.29, 0.717) is 25.7 Å². The molecule has 1 heterocycles. The zero-order valence-corrected chi connectivity index (χ0v) is 20.0. The third kappa shape index (κ3) is 9.65. The first kappa shape index (κ1) is 28.8. The molecule has 1 fully saturated rings. The molecule has 33 heavy (non-hydrogen) atoms. The van der Waals surface area contributed by atoms with Gasteiger partial charge in [0, 0.05) is 32.8 Å². The maximum Gasteiger partial charge on any atom is 0.342 e. The van der Waals surface area contributed by atoms with Crippen LogP contribution in [-0.4, -0.2) is 61.9 Å². The van der Waals surface area contributed by atoms with Crippen LogP contribution in [0.5, 0.6) is 0 Å². The van der Waals surface area contributed by atoms with Crippen LogP contribution in [0.1, 0.15) is 79.1 Å². The topological polar surface area (TPSA) is 133 Å². The highest BCUT2D eigenvalue weighted by Crippen LogP contribution is 2.31. The molecule has 5 atom stereocenters. The molecule has 0 amide bonds. The van der Waals surface area contributed by atoms with Crippen molar-refractivity contribution >= 4 is 23.9 Å². The Morgan fingerprint density at radius 2 is 1.00 bits per heavy atom. The minimum absolute atomic E-state index is 0.0719. The number of carbonyl (C=O) groups excluding carboxylic acids is 4. The fourth-order valence-corrected chi connectivity index (χ4v) is 3.02. The molecule has 1 saturated heterocycles. The van der Waals surface area contributed by atoms with Crippen molar-refractivity contribution in [1.82, 2.24) is 0 Å². The van der Waals surface area contributed by atoms with Gasteiger partial charge in [0.25, 0.3) is 0 Å². The summed E-state index contributed by atoms with van der Waals surface area (Å²) in [4.78, 5) is 58.6. The van der Waals surface area contributed by atoms with Crippen LogP contribution in [-0.2, 0) is 52.6 Å². The van der Waals surface area contributed by atoms with Gasteiger partial charge in [-0.05, 0) is 25.7 Å². The fraction of sp³-hybridized carbons (Fsp3) is 0.818. The molecular formula is C22H36O11. The Balaban J connectivity index is 3.27. The van der Waals surface area contributed by atoms with Gasteiger partial charge in [0.05, 0.1) is 0 Å². The maximum absolute atomic E-state index is 12.4. The van der Waals surface area contributed by atoms with Gasteiger partial charge >= 0.3 is 23.9 Å². The Morgan fingerprint density at radius 3 is 1.42 bits per heavy atom. The number of hydrogen-bond acceptors (Lipinski definition) is 11. The summed E-state index contributed by atoms with van der Waals surface area (Å²) in [5.74, 6) is -2.46. The van der Waals surface area contributed by atoms with Crippen LogP contribution in [0.2, 0.25) is 0 Å². The van der Waals surface area contributed by atoms with Crippen molar-refractivity contribution in [2.45, 2.75) is 110 Å². The maximum atomic E-state index is 12.4. The minimum Gasteiger partial charge on any atom is -0.454 e. The first-order valence-corrected chi connectivity index (χ1v) is 11.4. The molecule has 11 nitrogen and oxygen atoms in total. The quantitative estimate of drug-likeness (QED) is 0.159. The van der Waals surface area contributed by atoms with Crippen LogP contribution < -0.4 is 0 Å². The van der Waals surface area contributed by atoms with E-state index < -0.39 is 54.8 Å². The van der Waals surface area contributed by atoms with Gasteiger partial charge in [-0.1, -0.05) is 27.7 Å². The first-order valence-electron chi connectivity index (χ1n) is 11.4. The molecule has 0 aromatic carbocycles. The molecule has 0 unspecified atom stereocenters. The van der Waals surface area contributed by atoms with Gasteiger partial charge in [-0.3, -0.25) is 19.3 Å². The average Bonchev–Trinajstić information content (AvgIpc) is 2.76. The number of ether oxygens (including phenoxy) is 5. The Kier molecular flexibility index (Phi) is 13.6. The third-order valence-electron chi connectivity index (χ3n) is 4.54. The highest BCUT2D eigenvalue weighted by Gasteiger charge is 2.54. The molecule has 190 valence electrons. The average molecular weight is 477 g/mol. The van der Waals surface area contributed by atoms with E-state index in [-0.39, 0.29) is 25.7 Å². The van der Waals surface area contributed by atoms with E-state index in [1.54, 1.807) is 27.7 Å². The molecule has 1 aliphatic rings. The fourth-order valence-electron chi connectivity index (χ4n) is 3.02. The van der Waals surface area contributed by atoms with Crippen LogP contribution >= 0.6 is 0 Å². The van der Waals surface area contributed by atoms with Crippen molar-refractivity contribution in [3.63, 3.8) is 0 Å². The summed E-state index contributed by atoms with van der Waals surface area (Å²) in [7, 11) is 1.29. The van der Waals surface area contributed by atoms with Gasteiger partial charge in [0.2, 0.25) is 12.6 Å². The van der Waals surface area contributed by atoms with Gasteiger partial charge in [0.15, 0.2) is 18.3 Å². The van der Waals surface area contributed by atoms with Crippen LogP contribution in [0.3, 0.4) is 0 Å². The molecule has 1 rings (SSSR count). The largest absolute Gasteiger partial charge is 0.454 e. The highest BCUT2D eigenvalue weighted by atomic mass is 17.2. The molecule has 1 aliphatic heterocycles. The van der Waals surface area contributed by atoms with E-state index in [1.807, 2.05) is 0 Å². The summed E-state index contributed by atoms with van der Waals surface area (Å²) in [6.07, 6.45) is -4.29. The lowest BCUT2D eigenvalue weighted by molar-refractivity contribution is -0.425. The second-order valence-electron chi connectivity index (χ2n) is 7.52. The van der Waals surface area contributed by atoms with Crippen molar-refractivity contribution in [3.05, 3.63) is 0 Å². The molecule has 0 aromatic heterocycles. The lowest BCUT2D eigenvalue weighted by atomic mass is 10.0. The number of esters is 3. The molecule has 0 spiro atoms. The van der Waals surface area contributed by atoms with E-state index in [2.05, 4.69) is 0 Å². The molecule has 0 aliphatic carbocycles. The van der Waals surface area contributed by atoms with E-state index in [0.717, 1.165) is 0 Å². The van der Waals surface area contributed by atoms with Crippen molar-refractivity contribution in [3.8, 4) is 0 Å². The van der Waals surface area contributed by atoms with Gasteiger partial charge < -0.3 is 23.7 Å². The van der Waals surface area contributed by atoms with Crippen LogP contribution in [0, 0.1) is 0 Å². The summed E-state index contributed by atoms with van der Waals surface area (Å²) in [6, 6.07) is 0. The lowest BCUT2D eigenvalue weighted by Crippen LogP contribution is -2.62. The molecular weight excluding hydrogens is 440 g/mol. The number of rotatable bonds is 14. The van der Waals surface area contributed by atoms with Gasteiger partial charge in [0.1, 0.15) is 0 Å². The smallest absolute Gasteiger partial charge is 0.342 e. The standard InChI is InChI=1S/C22H36O11/c1-6-10-14(23)28-18-19(29-15(24)11-7-2)21(27-5)31-22(33-32-17(26)13-9-4)20(18)30-16(25)12-8-3/h18-22H,6-13H2,1-5H3/t18-,19-,20+,21-,22-/m1/s1. The Labute approximate surface area is 194 Å². The molecule has 0 saturated carbocycles. The second-order valence-corrected chi connectivity index (χ2v) is 7.52. The van der Waals surface area contributed by atoms with E-state index in [1.165, 1.54) is 7.11 Å². The molecule has 0 N–H and O–H groups in total. The summed E-state index contributed by atoms with van der Waals surface area (Å²) < 4.78 is 27.5. The highest BCUT2D eigenvalue weighted by molar-refractivity contribution is 5.71. The van der Waals surface area contributed by atoms with Crippen molar-refractivity contribution < 1.29 is 52.6 Å². The van der Waals surface area contributed by atoms with E-state index in [4.69, 9.17) is 33.5 Å². The predicted molar refractivity (Wildman–Crippen MR) is 112 cm³/mol. The van der Waals surface area contributed by atoms with Crippen LogP contribution in [0.25, 0.3) is 0 Å². The van der Waals surface area contributed by atoms with Crippen molar-refractivity contribution in [1.29, 1.82) is 0 Å². The van der Waals surface area contributed by atoms with E-state index in [9.17, 15) is 19.2 Å². The summed E-state index contributed by atoms with van der Waals surface area (Å²) in [5, 5.41) is 0. The summed E-state index contributed by atoms with van der Waals surface area (Å²) >= 11 is 0. The molecule has 0 radical (unpaired) electrons. The zero-order chi connectivity index (χ0) is 24.8. The Hall–Kier alpha value is -2.24. The van der Waals surface area contributed by atoms with Crippen LogP contribution in [0.15, 0.2) is 0 Å². The molecule has 0 aromatic rings. The lowest BCUT2D eigenvalue weighted by Gasteiger charge is -2.42. The summed E-state index contributed by atoms with van der Waals surface area (Å²) in [6.45, 7) is 7.16. The number of hydrogen-bond donors (Lipinski definition) is 0. The van der Waals surface area contributed by atoms with Gasteiger partial charge in [-0.2, -0.15) is 0 Å². The van der Waals surface area contributed by atoms with Crippen LogP contribution in [0.4, 0.5) is 0 Å².